The molecule has 1 fully saturated rings. The highest BCUT2D eigenvalue weighted by Gasteiger charge is 2.15. The number of amides is 1. The Labute approximate surface area is 225 Å². The van der Waals surface area contributed by atoms with Crippen LogP contribution >= 0.6 is 0 Å². The smallest absolute Gasteiger partial charge is 0.247 e. The second kappa shape index (κ2) is 12.8. The molecule has 0 spiro atoms. The molecule has 1 aliphatic rings. The normalized spacial score (nSPS) is 13.5. The van der Waals surface area contributed by atoms with Crippen molar-refractivity contribution in [1.29, 1.82) is 0 Å². The molecule has 1 aliphatic heterocycles. The molecule has 11 heteroatoms. The maximum absolute atomic E-state index is 12.2. The summed E-state index contributed by atoms with van der Waals surface area (Å²) in [4.78, 5) is 31.9. The van der Waals surface area contributed by atoms with Crippen LogP contribution in [-0.2, 0) is 16.1 Å². The van der Waals surface area contributed by atoms with Gasteiger partial charge in [-0.25, -0.2) is 15.0 Å². The van der Waals surface area contributed by atoms with Crippen molar-refractivity contribution in [3.63, 3.8) is 0 Å². The van der Waals surface area contributed by atoms with E-state index >= 15 is 0 Å². The lowest BCUT2D eigenvalue weighted by Crippen LogP contribution is -2.38. The number of hydrogen-bond acceptors (Lipinski definition) is 10. The predicted octanol–water partition coefficient (Wildman–Crippen LogP) is 3.58. The summed E-state index contributed by atoms with van der Waals surface area (Å²) in [5, 5.41) is 6.75. The first-order valence-electron chi connectivity index (χ1n) is 12.6. The molecule has 1 saturated heterocycles. The van der Waals surface area contributed by atoms with Crippen molar-refractivity contribution in [2.75, 3.05) is 50.1 Å². The zero-order valence-corrected chi connectivity index (χ0v) is 21.4. The Hall–Kier alpha value is -4.61. The molecule has 1 aromatic carbocycles. The van der Waals surface area contributed by atoms with Crippen LogP contribution in [0.5, 0.6) is 11.5 Å². The van der Waals surface area contributed by atoms with Crippen LogP contribution in [0, 0.1) is 0 Å². The Balaban J connectivity index is 1.31. The monoisotopic (exact) mass is 527 g/mol. The van der Waals surface area contributed by atoms with Gasteiger partial charge in [-0.05, 0) is 36.4 Å². The standard InChI is InChI=1S/C28H29N7O4/c1-2-27(36)33-24-15-22-23(16-25(24)38-14-11-35-9-12-37-13-10-35)31-19-32-28(22)34-26-7-6-21(17-30-26)39-18-20-5-3-4-8-29-20/h2-8,15-17,19H,1,9-14,18H2,(H,33,36)(H,30,31,32,34). The van der Waals surface area contributed by atoms with Crippen LogP contribution in [0.1, 0.15) is 5.69 Å². The summed E-state index contributed by atoms with van der Waals surface area (Å²) >= 11 is 0. The van der Waals surface area contributed by atoms with E-state index < -0.39 is 0 Å². The SMILES string of the molecule is C=CC(=O)Nc1cc2c(Nc3ccc(OCc4ccccn4)cn3)ncnc2cc1OCCN1CCOCC1. The van der Waals surface area contributed by atoms with Gasteiger partial charge in [-0.1, -0.05) is 12.6 Å². The minimum absolute atomic E-state index is 0.346. The molecule has 3 aromatic heterocycles. The predicted molar refractivity (Wildman–Crippen MR) is 147 cm³/mol. The number of ether oxygens (including phenoxy) is 3. The van der Waals surface area contributed by atoms with Crippen LogP contribution in [0.4, 0.5) is 17.3 Å². The van der Waals surface area contributed by atoms with Crippen LogP contribution in [0.3, 0.4) is 0 Å². The zero-order chi connectivity index (χ0) is 26.9. The number of aromatic nitrogens is 4. The molecule has 0 aliphatic carbocycles. The second-order valence-corrected chi connectivity index (χ2v) is 8.70. The Morgan fingerprint density at radius 1 is 1.08 bits per heavy atom. The molecule has 39 heavy (non-hydrogen) atoms. The summed E-state index contributed by atoms with van der Waals surface area (Å²) in [6.07, 6.45) is 6.04. The van der Waals surface area contributed by atoms with Crippen molar-refractivity contribution in [3.05, 3.63) is 79.5 Å². The van der Waals surface area contributed by atoms with Gasteiger partial charge in [0.25, 0.3) is 0 Å². The number of morpholine rings is 1. The number of carbonyl (C=O) groups excluding carboxylic acids is 1. The Morgan fingerprint density at radius 3 is 2.74 bits per heavy atom. The van der Waals surface area contributed by atoms with Gasteiger partial charge in [0.1, 0.15) is 42.7 Å². The average Bonchev–Trinajstić information content (AvgIpc) is 2.98. The number of nitrogens with zero attached hydrogens (tertiary/aromatic N) is 5. The number of pyridine rings is 2. The lowest BCUT2D eigenvalue weighted by Gasteiger charge is -2.26. The minimum Gasteiger partial charge on any atom is -0.490 e. The number of fused-ring (bicyclic) bond motifs is 1. The van der Waals surface area contributed by atoms with Crippen molar-refractivity contribution < 1.29 is 19.0 Å². The van der Waals surface area contributed by atoms with Gasteiger partial charge < -0.3 is 24.8 Å². The molecular weight excluding hydrogens is 498 g/mol. The Kier molecular flexibility index (Phi) is 8.51. The van der Waals surface area contributed by atoms with E-state index in [0.29, 0.717) is 52.9 Å². The third-order valence-electron chi connectivity index (χ3n) is 6.04. The summed E-state index contributed by atoms with van der Waals surface area (Å²) in [6.45, 7) is 8.29. The van der Waals surface area contributed by atoms with Crippen molar-refractivity contribution in [1.82, 2.24) is 24.8 Å². The quantitative estimate of drug-likeness (QED) is 0.280. The lowest BCUT2D eigenvalue weighted by molar-refractivity contribution is -0.111. The summed E-state index contributed by atoms with van der Waals surface area (Å²) in [7, 11) is 0. The maximum Gasteiger partial charge on any atom is 0.247 e. The molecule has 1 amide bonds. The highest BCUT2D eigenvalue weighted by molar-refractivity contribution is 6.03. The van der Waals surface area contributed by atoms with Gasteiger partial charge >= 0.3 is 0 Å². The molecule has 200 valence electrons. The molecule has 4 aromatic rings. The Morgan fingerprint density at radius 2 is 1.97 bits per heavy atom. The van der Waals surface area contributed by atoms with E-state index in [-0.39, 0.29) is 5.91 Å². The fraction of sp³-hybridized carbons (Fsp3) is 0.250. The van der Waals surface area contributed by atoms with Gasteiger partial charge in [-0.3, -0.25) is 14.7 Å². The summed E-state index contributed by atoms with van der Waals surface area (Å²) < 4.78 is 17.2. The first kappa shape index (κ1) is 26.0. The number of carbonyl (C=O) groups is 1. The number of anilines is 3. The van der Waals surface area contributed by atoms with Crippen molar-refractivity contribution in [2.24, 2.45) is 0 Å². The highest BCUT2D eigenvalue weighted by Crippen LogP contribution is 2.33. The van der Waals surface area contributed by atoms with Crippen LogP contribution in [-0.4, -0.2) is 70.2 Å². The zero-order valence-electron chi connectivity index (χ0n) is 21.4. The summed E-state index contributed by atoms with van der Waals surface area (Å²) in [6, 6.07) is 12.9. The van der Waals surface area contributed by atoms with Crippen molar-refractivity contribution >= 4 is 34.1 Å². The van der Waals surface area contributed by atoms with E-state index in [1.807, 2.05) is 24.3 Å². The molecular formula is C28H29N7O4. The third kappa shape index (κ3) is 7.03. The van der Waals surface area contributed by atoms with E-state index in [0.717, 1.165) is 38.5 Å². The van der Waals surface area contributed by atoms with Gasteiger partial charge in [0, 0.05) is 37.3 Å². The molecule has 5 rings (SSSR count). The lowest BCUT2D eigenvalue weighted by atomic mass is 10.2. The van der Waals surface area contributed by atoms with Crippen LogP contribution in [0.2, 0.25) is 0 Å². The van der Waals surface area contributed by atoms with Crippen LogP contribution in [0.15, 0.2) is 73.8 Å². The van der Waals surface area contributed by atoms with Crippen LogP contribution < -0.4 is 20.1 Å². The molecule has 4 heterocycles. The van der Waals surface area contributed by atoms with Crippen molar-refractivity contribution in [2.45, 2.75) is 6.61 Å². The first-order chi connectivity index (χ1) is 19.2. The molecule has 0 bridgehead atoms. The molecule has 0 unspecified atom stereocenters. The van der Waals surface area contributed by atoms with Gasteiger partial charge in [-0.2, -0.15) is 0 Å². The molecule has 2 N–H and O–H groups in total. The topological polar surface area (TPSA) is 124 Å². The average molecular weight is 528 g/mol. The summed E-state index contributed by atoms with van der Waals surface area (Å²) in [5.74, 6) is 1.89. The number of hydrogen-bond donors (Lipinski definition) is 2. The number of rotatable bonds is 11. The van der Waals surface area contributed by atoms with E-state index in [1.165, 1.54) is 12.4 Å². The maximum atomic E-state index is 12.2. The van der Waals surface area contributed by atoms with Gasteiger partial charge in [0.15, 0.2) is 0 Å². The minimum atomic E-state index is -0.346. The fourth-order valence-corrected chi connectivity index (χ4v) is 4.00. The van der Waals surface area contributed by atoms with E-state index in [9.17, 15) is 4.79 Å². The van der Waals surface area contributed by atoms with E-state index in [4.69, 9.17) is 14.2 Å². The largest absolute Gasteiger partial charge is 0.490 e. The van der Waals surface area contributed by atoms with Crippen LogP contribution in [0.25, 0.3) is 10.9 Å². The highest BCUT2D eigenvalue weighted by atomic mass is 16.5. The third-order valence-corrected chi connectivity index (χ3v) is 6.04. The molecule has 0 atom stereocenters. The first-order valence-corrected chi connectivity index (χ1v) is 12.6. The summed E-state index contributed by atoms with van der Waals surface area (Å²) in [5.41, 5.74) is 1.98. The van der Waals surface area contributed by atoms with Crippen molar-refractivity contribution in [3.8, 4) is 11.5 Å². The van der Waals surface area contributed by atoms with E-state index in [1.54, 1.807) is 30.6 Å². The molecule has 0 saturated carbocycles. The number of nitrogens with one attached hydrogen (secondary N) is 2. The number of benzene rings is 1. The molecule has 0 radical (unpaired) electrons. The Bertz CT molecular complexity index is 1410. The van der Waals surface area contributed by atoms with Gasteiger partial charge in [0.2, 0.25) is 5.91 Å². The van der Waals surface area contributed by atoms with Gasteiger partial charge in [-0.15, -0.1) is 0 Å². The molecule has 11 nitrogen and oxygen atoms in total. The second-order valence-electron chi connectivity index (χ2n) is 8.70. The van der Waals surface area contributed by atoms with Gasteiger partial charge in [0.05, 0.1) is 36.3 Å². The van der Waals surface area contributed by atoms with E-state index in [2.05, 4.69) is 42.0 Å². The fourth-order valence-electron chi connectivity index (χ4n) is 4.00.